The van der Waals surface area contributed by atoms with Crippen molar-refractivity contribution in [3.05, 3.63) is 94.5 Å². The number of hydrogen-bond donors (Lipinski definition) is 1. The number of aryl methyl sites for hydroxylation is 2. The number of nitrogens with one attached hydrogen (secondary N) is 1. The molecule has 1 amide bonds. The molecule has 1 aliphatic rings. The zero-order valence-corrected chi connectivity index (χ0v) is 18.9. The minimum atomic E-state index is -0.0227. The van der Waals surface area contributed by atoms with E-state index in [-0.39, 0.29) is 11.9 Å². The van der Waals surface area contributed by atoms with Crippen LogP contribution in [-0.4, -0.2) is 33.1 Å². The number of fused-ring (bicyclic) bond motifs is 1. The van der Waals surface area contributed by atoms with Gasteiger partial charge >= 0.3 is 0 Å². The molecule has 160 valence electrons. The molecule has 0 fully saturated rings. The molecule has 0 aliphatic carbocycles. The Balaban J connectivity index is 1.59. The average Bonchev–Trinajstić information content (AvgIpc) is 3.20. The number of anilines is 2. The highest BCUT2D eigenvalue weighted by Crippen LogP contribution is 2.35. The Hall–Kier alpha value is -3.27. The number of rotatable bonds is 6. The van der Waals surface area contributed by atoms with Crippen LogP contribution >= 0.6 is 0 Å². The Morgan fingerprint density at radius 1 is 1.00 bits per heavy atom. The van der Waals surface area contributed by atoms with Crippen molar-refractivity contribution in [2.24, 2.45) is 0 Å². The van der Waals surface area contributed by atoms with Crippen LogP contribution in [0.1, 0.15) is 38.7 Å². The number of hydrogen-bond acceptors (Lipinski definition) is 3. The molecule has 31 heavy (non-hydrogen) atoms. The number of benzene rings is 3. The van der Waals surface area contributed by atoms with Crippen molar-refractivity contribution in [1.29, 1.82) is 0 Å². The highest BCUT2D eigenvalue weighted by molar-refractivity contribution is 5.94. The van der Waals surface area contributed by atoms with E-state index in [1.807, 2.05) is 39.2 Å². The third kappa shape index (κ3) is 4.43. The Morgan fingerprint density at radius 2 is 1.74 bits per heavy atom. The highest BCUT2D eigenvalue weighted by atomic mass is 16.1. The lowest BCUT2D eigenvalue weighted by Gasteiger charge is -2.31. The maximum atomic E-state index is 12.9. The van der Waals surface area contributed by atoms with Gasteiger partial charge in [0.2, 0.25) is 0 Å². The predicted molar refractivity (Wildman–Crippen MR) is 129 cm³/mol. The molecule has 4 nitrogen and oxygen atoms in total. The van der Waals surface area contributed by atoms with Gasteiger partial charge in [0.15, 0.2) is 0 Å². The predicted octanol–water partition coefficient (Wildman–Crippen LogP) is 4.90. The minimum absolute atomic E-state index is 0.0227. The highest BCUT2D eigenvalue weighted by Gasteiger charge is 2.27. The first-order valence-electron chi connectivity index (χ1n) is 10.9. The van der Waals surface area contributed by atoms with Gasteiger partial charge in [-0.1, -0.05) is 36.4 Å². The molecule has 1 atom stereocenters. The number of para-hydroxylation sites is 1. The SMILES string of the molecule is Cc1ccc(C(=O)NC[C@H](c2ccc(N(C)C)cc2)N2CCc3ccccc32)cc1C. The largest absolute Gasteiger partial charge is 0.378 e. The van der Waals surface area contributed by atoms with Gasteiger partial charge in [-0.3, -0.25) is 4.79 Å². The van der Waals surface area contributed by atoms with E-state index >= 15 is 0 Å². The summed E-state index contributed by atoms with van der Waals surface area (Å²) in [6.07, 6.45) is 1.04. The summed E-state index contributed by atoms with van der Waals surface area (Å²) in [5.74, 6) is -0.0227. The second kappa shape index (κ2) is 8.84. The molecule has 0 saturated carbocycles. The van der Waals surface area contributed by atoms with Gasteiger partial charge in [0.25, 0.3) is 5.91 Å². The normalized spacial score (nSPS) is 13.6. The fraction of sp³-hybridized carbons (Fsp3) is 0.296. The van der Waals surface area contributed by atoms with E-state index in [0.717, 1.165) is 18.5 Å². The number of nitrogens with zero attached hydrogens (tertiary/aromatic N) is 2. The van der Waals surface area contributed by atoms with Crippen molar-refractivity contribution in [2.45, 2.75) is 26.3 Å². The quantitative estimate of drug-likeness (QED) is 0.624. The Labute approximate surface area is 185 Å². The van der Waals surface area contributed by atoms with Crippen LogP contribution in [0, 0.1) is 13.8 Å². The van der Waals surface area contributed by atoms with Crippen LogP contribution in [0.5, 0.6) is 0 Å². The fourth-order valence-electron chi connectivity index (χ4n) is 4.26. The third-order valence-electron chi connectivity index (χ3n) is 6.32. The van der Waals surface area contributed by atoms with Gasteiger partial charge in [-0.2, -0.15) is 0 Å². The average molecular weight is 414 g/mol. The van der Waals surface area contributed by atoms with Gasteiger partial charge in [0.05, 0.1) is 6.04 Å². The first kappa shape index (κ1) is 21.0. The van der Waals surface area contributed by atoms with E-state index in [1.165, 1.54) is 28.1 Å². The van der Waals surface area contributed by atoms with E-state index in [2.05, 4.69) is 70.6 Å². The smallest absolute Gasteiger partial charge is 0.251 e. The zero-order valence-electron chi connectivity index (χ0n) is 18.9. The van der Waals surface area contributed by atoms with E-state index in [1.54, 1.807) is 0 Å². The first-order chi connectivity index (χ1) is 14.9. The van der Waals surface area contributed by atoms with Gasteiger partial charge in [0, 0.05) is 44.1 Å². The summed E-state index contributed by atoms with van der Waals surface area (Å²) in [5.41, 5.74) is 8.07. The van der Waals surface area contributed by atoms with E-state index in [4.69, 9.17) is 0 Å². The number of carbonyl (C=O) groups excluding carboxylic acids is 1. The van der Waals surface area contributed by atoms with E-state index in [9.17, 15) is 4.79 Å². The molecular formula is C27H31N3O. The molecule has 0 bridgehead atoms. The molecule has 3 aromatic rings. The molecule has 0 spiro atoms. The van der Waals surface area contributed by atoms with Crippen molar-refractivity contribution < 1.29 is 4.79 Å². The summed E-state index contributed by atoms with van der Waals surface area (Å²) in [6, 6.07) is 23.2. The number of carbonyl (C=O) groups is 1. The van der Waals surface area contributed by atoms with Crippen molar-refractivity contribution in [3.63, 3.8) is 0 Å². The number of amides is 1. The lowest BCUT2D eigenvalue weighted by molar-refractivity contribution is 0.0951. The lowest BCUT2D eigenvalue weighted by Crippen LogP contribution is -2.37. The molecule has 1 N–H and O–H groups in total. The summed E-state index contributed by atoms with van der Waals surface area (Å²) in [4.78, 5) is 17.4. The van der Waals surface area contributed by atoms with Crippen molar-refractivity contribution in [2.75, 3.05) is 37.0 Å². The van der Waals surface area contributed by atoms with Crippen LogP contribution in [-0.2, 0) is 6.42 Å². The first-order valence-corrected chi connectivity index (χ1v) is 10.9. The summed E-state index contributed by atoms with van der Waals surface area (Å²) in [7, 11) is 4.10. The van der Waals surface area contributed by atoms with Gasteiger partial charge in [-0.25, -0.2) is 0 Å². The monoisotopic (exact) mass is 413 g/mol. The summed E-state index contributed by atoms with van der Waals surface area (Å²) in [5, 5.41) is 3.20. The second-order valence-corrected chi connectivity index (χ2v) is 8.58. The summed E-state index contributed by atoms with van der Waals surface area (Å²) in [6.45, 7) is 5.62. The van der Waals surface area contributed by atoms with Crippen LogP contribution in [0.4, 0.5) is 11.4 Å². The van der Waals surface area contributed by atoms with Crippen LogP contribution in [0.2, 0.25) is 0 Å². The maximum Gasteiger partial charge on any atom is 0.251 e. The van der Waals surface area contributed by atoms with Crippen molar-refractivity contribution >= 4 is 17.3 Å². The van der Waals surface area contributed by atoms with Crippen LogP contribution in [0.25, 0.3) is 0 Å². The zero-order chi connectivity index (χ0) is 22.0. The molecule has 0 saturated heterocycles. The van der Waals surface area contributed by atoms with E-state index < -0.39 is 0 Å². The molecule has 4 rings (SSSR count). The third-order valence-corrected chi connectivity index (χ3v) is 6.32. The molecule has 1 aliphatic heterocycles. The molecule has 1 heterocycles. The fourth-order valence-corrected chi connectivity index (χ4v) is 4.26. The second-order valence-electron chi connectivity index (χ2n) is 8.58. The molecule has 4 heteroatoms. The van der Waals surface area contributed by atoms with Crippen molar-refractivity contribution in [1.82, 2.24) is 5.32 Å². The topological polar surface area (TPSA) is 35.6 Å². The Morgan fingerprint density at radius 3 is 2.45 bits per heavy atom. The van der Waals surface area contributed by atoms with Crippen LogP contribution in [0.3, 0.4) is 0 Å². The van der Waals surface area contributed by atoms with Gasteiger partial charge in [-0.15, -0.1) is 0 Å². The molecular weight excluding hydrogens is 382 g/mol. The minimum Gasteiger partial charge on any atom is -0.378 e. The molecule has 0 unspecified atom stereocenters. The van der Waals surface area contributed by atoms with Crippen molar-refractivity contribution in [3.8, 4) is 0 Å². The Bertz CT molecular complexity index is 1070. The molecule has 0 aromatic heterocycles. The van der Waals surface area contributed by atoms with Gasteiger partial charge < -0.3 is 15.1 Å². The van der Waals surface area contributed by atoms with Crippen LogP contribution in [0.15, 0.2) is 66.7 Å². The Kier molecular flexibility index (Phi) is 5.99. The maximum absolute atomic E-state index is 12.9. The van der Waals surface area contributed by atoms with E-state index in [0.29, 0.717) is 12.1 Å². The summed E-state index contributed by atoms with van der Waals surface area (Å²) < 4.78 is 0. The van der Waals surface area contributed by atoms with Gasteiger partial charge in [-0.05, 0) is 72.9 Å². The van der Waals surface area contributed by atoms with Gasteiger partial charge in [0.1, 0.15) is 0 Å². The standard InChI is InChI=1S/C27H31N3O/c1-19-9-10-23(17-20(19)2)27(31)28-18-26(22-11-13-24(14-12-22)29(3)4)30-16-15-21-7-5-6-8-25(21)30/h5-14,17,26H,15-16,18H2,1-4H3,(H,28,31)/t26-/m1/s1. The summed E-state index contributed by atoms with van der Waals surface area (Å²) >= 11 is 0. The lowest BCUT2D eigenvalue weighted by atomic mass is 10.0. The molecule has 3 aromatic carbocycles. The van der Waals surface area contributed by atoms with Crippen LogP contribution < -0.4 is 15.1 Å². The molecule has 0 radical (unpaired) electrons.